The number of phenolic OH excluding ortho intramolecular Hbond substituents is 1. The van der Waals surface area contributed by atoms with Crippen LogP contribution < -0.4 is 20.4 Å². The van der Waals surface area contributed by atoms with Gasteiger partial charge in [-0.3, -0.25) is 14.8 Å². The number of aromatic hydroxyl groups is 1. The molecule has 1 amide bonds. The normalized spacial score (nSPS) is 12.7. The number of aromatic nitrogens is 1. The predicted molar refractivity (Wildman–Crippen MR) is 179 cm³/mol. The number of hydrogen-bond acceptors (Lipinski definition) is 10. The molecule has 1 fully saturated rings. The Kier molecular flexibility index (Phi) is 12.2. The van der Waals surface area contributed by atoms with Gasteiger partial charge in [0.05, 0.1) is 18.4 Å². The topological polar surface area (TPSA) is 192 Å². The molecule has 0 saturated carbocycles. The van der Waals surface area contributed by atoms with Crippen LogP contribution in [0.5, 0.6) is 11.5 Å². The van der Waals surface area contributed by atoms with Gasteiger partial charge in [-0.05, 0) is 71.5 Å². The minimum Gasteiger partial charge on any atom is -0.504 e. The lowest BCUT2D eigenvalue weighted by molar-refractivity contribution is -0.124. The van der Waals surface area contributed by atoms with Crippen LogP contribution >= 0.6 is 0 Å². The fourth-order valence-electron chi connectivity index (χ4n) is 5.52. The van der Waals surface area contributed by atoms with Gasteiger partial charge in [-0.25, -0.2) is 10.5 Å². The number of ether oxygens (including phenoxy) is 1. The van der Waals surface area contributed by atoms with E-state index in [2.05, 4.69) is 21.3 Å². The van der Waals surface area contributed by atoms with Crippen LogP contribution in [-0.2, 0) is 16.1 Å². The Hall–Kier alpha value is -6.21. The molecule has 4 aromatic rings. The molecule has 1 aromatic heterocycles. The molecule has 2 heterocycles. The van der Waals surface area contributed by atoms with Crippen LogP contribution in [0.2, 0.25) is 0 Å². The second-order valence-corrected chi connectivity index (χ2v) is 10.7. The highest BCUT2D eigenvalue weighted by Crippen LogP contribution is 2.42. The minimum atomic E-state index is -0.579. The van der Waals surface area contributed by atoms with E-state index in [1.54, 1.807) is 42.0 Å². The molecule has 0 bridgehead atoms. The molecule has 3 aromatic carbocycles. The van der Waals surface area contributed by atoms with Crippen molar-refractivity contribution >= 4 is 24.1 Å². The van der Waals surface area contributed by atoms with E-state index in [0.29, 0.717) is 35.0 Å². The molecule has 0 atom stereocenters. The maximum absolute atomic E-state index is 11.2. The number of carbonyl (C=O) groups excluding carboxylic acids is 1. The fourth-order valence-corrected chi connectivity index (χ4v) is 5.52. The molecule has 0 spiro atoms. The average Bonchev–Trinajstić information content (AvgIpc) is 3.13. The minimum absolute atomic E-state index is 0.00377. The molecule has 5 rings (SSSR count). The third-order valence-corrected chi connectivity index (χ3v) is 7.90. The standard InChI is InChI=1S/C35H32N6O4.CH2O2/c1-45-33-12-8-25(18-32(33)42)29-10-11-31(30(20-37)35(29)26-7-9-28(19-36)39-22-26)41-16-14-27(15-17-41)38-21-24-4-2-23(3-5-24)6-13-34(43)40-44;2-1-3/h2-13,18,22,27,38,42,44H,14-17,21H2,1H3,(H,40,43);1H,(H,2,3)/b13-6+;. The number of pyridine rings is 1. The van der Waals surface area contributed by atoms with Crippen LogP contribution in [0.3, 0.4) is 0 Å². The molecule has 48 heavy (non-hydrogen) atoms. The number of amides is 1. The van der Waals surface area contributed by atoms with E-state index in [-0.39, 0.29) is 17.9 Å². The molecule has 12 heteroatoms. The second-order valence-electron chi connectivity index (χ2n) is 10.7. The Morgan fingerprint density at radius 2 is 1.75 bits per heavy atom. The Morgan fingerprint density at radius 1 is 1.04 bits per heavy atom. The van der Waals surface area contributed by atoms with Gasteiger partial charge in [0.1, 0.15) is 17.8 Å². The highest BCUT2D eigenvalue weighted by Gasteiger charge is 2.25. The van der Waals surface area contributed by atoms with E-state index in [1.165, 1.54) is 13.2 Å². The van der Waals surface area contributed by atoms with Crippen molar-refractivity contribution in [3.8, 4) is 45.9 Å². The van der Waals surface area contributed by atoms with E-state index in [4.69, 9.17) is 19.8 Å². The molecule has 244 valence electrons. The van der Waals surface area contributed by atoms with Gasteiger partial charge in [0, 0.05) is 49.1 Å². The number of hydrogen-bond donors (Lipinski definition) is 5. The quantitative estimate of drug-likeness (QED) is 0.0723. The number of piperidine rings is 1. The van der Waals surface area contributed by atoms with Crippen molar-refractivity contribution in [2.75, 3.05) is 25.1 Å². The van der Waals surface area contributed by atoms with E-state index < -0.39 is 5.91 Å². The lowest BCUT2D eigenvalue weighted by Crippen LogP contribution is -2.42. The number of carboxylic acid groups (broad SMARTS) is 1. The van der Waals surface area contributed by atoms with E-state index in [0.717, 1.165) is 53.9 Å². The lowest BCUT2D eigenvalue weighted by atomic mass is 9.89. The summed E-state index contributed by atoms with van der Waals surface area (Å²) < 4.78 is 5.22. The van der Waals surface area contributed by atoms with Crippen LogP contribution in [0.15, 0.2) is 79.0 Å². The summed E-state index contributed by atoms with van der Waals surface area (Å²) in [5.74, 6) is -0.228. The van der Waals surface area contributed by atoms with Gasteiger partial charge < -0.3 is 25.2 Å². The van der Waals surface area contributed by atoms with Crippen molar-refractivity contribution in [2.24, 2.45) is 0 Å². The van der Waals surface area contributed by atoms with Crippen LogP contribution in [-0.4, -0.2) is 59.0 Å². The summed E-state index contributed by atoms with van der Waals surface area (Å²) in [6, 6.07) is 25.1. The summed E-state index contributed by atoms with van der Waals surface area (Å²) >= 11 is 0. The molecule has 1 saturated heterocycles. The van der Waals surface area contributed by atoms with E-state index in [1.807, 2.05) is 48.5 Å². The van der Waals surface area contributed by atoms with Crippen LogP contribution in [0.1, 0.15) is 35.2 Å². The van der Waals surface area contributed by atoms with Gasteiger partial charge in [-0.15, -0.1) is 0 Å². The zero-order chi connectivity index (χ0) is 34.5. The van der Waals surface area contributed by atoms with E-state index >= 15 is 0 Å². The molecule has 0 unspecified atom stereocenters. The van der Waals surface area contributed by atoms with Crippen molar-refractivity contribution < 1.29 is 29.7 Å². The zero-order valence-electron chi connectivity index (χ0n) is 26.1. The number of benzene rings is 3. The van der Waals surface area contributed by atoms with Crippen molar-refractivity contribution in [3.63, 3.8) is 0 Å². The maximum atomic E-state index is 11.2. The smallest absolute Gasteiger partial charge is 0.290 e. The first kappa shape index (κ1) is 34.7. The second kappa shape index (κ2) is 16.9. The van der Waals surface area contributed by atoms with Crippen LogP contribution in [0.25, 0.3) is 28.3 Å². The van der Waals surface area contributed by atoms with Crippen molar-refractivity contribution in [3.05, 3.63) is 101 Å². The molecule has 12 nitrogen and oxygen atoms in total. The number of carbonyl (C=O) groups is 2. The summed E-state index contributed by atoms with van der Waals surface area (Å²) in [6.07, 6.45) is 6.29. The monoisotopic (exact) mass is 646 g/mol. The highest BCUT2D eigenvalue weighted by atomic mass is 16.5. The Balaban J connectivity index is 0.00000167. The summed E-state index contributed by atoms with van der Waals surface area (Å²) in [5.41, 5.74) is 8.03. The van der Waals surface area contributed by atoms with Gasteiger partial charge in [-0.1, -0.05) is 36.4 Å². The number of phenols is 1. The third-order valence-electron chi connectivity index (χ3n) is 7.90. The van der Waals surface area contributed by atoms with Gasteiger partial charge in [0.15, 0.2) is 11.5 Å². The van der Waals surface area contributed by atoms with Crippen LogP contribution in [0, 0.1) is 22.7 Å². The molecule has 0 aliphatic carbocycles. The lowest BCUT2D eigenvalue weighted by Gasteiger charge is -2.35. The molecule has 0 radical (unpaired) electrons. The third kappa shape index (κ3) is 8.53. The predicted octanol–water partition coefficient (Wildman–Crippen LogP) is 4.85. The molecular formula is C36H34N6O6. The number of hydroxylamine groups is 1. The first-order valence-electron chi connectivity index (χ1n) is 14.9. The SMILES string of the molecule is COc1ccc(-c2ccc(N3CCC(NCc4ccc(/C=C/C(=O)NO)cc4)CC3)c(C#N)c2-c2ccc(C#N)nc2)cc1O.O=CO. The highest BCUT2D eigenvalue weighted by molar-refractivity contribution is 5.92. The number of anilines is 1. The summed E-state index contributed by atoms with van der Waals surface area (Å²) in [6.45, 7) is 1.97. The fraction of sp³-hybridized carbons (Fsp3) is 0.194. The first-order valence-corrected chi connectivity index (χ1v) is 14.9. The largest absolute Gasteiger partial charge is 0.504 e. The Bertz CT molecular complexity index is 1840. The number of nitrogens with zero attached hydrogens (tertiary/aromatic N) is 4. The number of nitrogens with one attached hydrogen (secondary N) is 2. The molecule has 1 aliphatic heterocycles. The van der Waals surface area contributed by atoms with Gasteiger partial charge >= 0.3 is 0 Å². The maximum Gasteiger partial charge on any atom is 0.290 e. The first-order chi connectivity index (χ1) is 23.3. The Labute approximate surface area is 277 Å². The Morgan fingerprint density at radius 3 is 2.33 bits per heavy atom. The zero-order valence-corrected chi connectivity index (χ0v) is 26.1. The number of methoxy groups -OCH3 is 1. The summed E-state index contributed by atoms with van der Waals surface area (Å²) in [5, 5.41) is 49.4. The number of nitriles is 2. The van der Waals surface area contributed by atoms with Gasteiger partial charge in [0.2, 0.25) is 0 Å². The molecule has 1 aliphatic rings. The molecular weight excluding hydrogens is 612 g/mol. The van der Waals surface area contributed by atoms with Crippen molar-refractivity contribution in [2.45, 2.75) is 25.4 Å². The van der Waals surface area contributed by atoms with Crippen molar-refractivity contribution in [1.29, 1.82) is 10.5 Å². The van der Waals surface area contributed by atoms with Gasteiger partial charge in [-0.2, -0.15) is 10.5 Å². The summed E-state index contributed by atoms with van der Waals surface area (Å²) in [7, 11) is 1.49. The molecule has 5 N–H and O–H groups in total. The average molecular weight is 647 g/mol. The van der Waals surface area contributed by atoms with Gasteiger partial charge in [0.25, 0.3) is 12.4 Å². The number of rotatable bonds is 9. The van der Waals surface area contributed by atoms with E-state index in [9.17, 15) is 20.4 Å². The van der Waals surface area contributed by atoms with Crippen molar-refractivity contribution in [1.82, 2.24) is 15.8 Å². The summed E-state index contributed by atoms with van der Waals surface area (Å²) in [4.78, 5) is 26.0. The van der Waals surface area contributed by atoms with Crippen LogP contribution in [0.4, 0.5) is 5.69 Å².